The third-order valence-corrected chi connectivity index (χ3v) is 3.82. The minimum atomic E-state index is 0.0448. The molecule has 2 aromatic rings. The highest BCUT2D eigenvalue weighted by Gasteiger charge is 2.08. The summed E-state index contributed by atoms with van der Waals surface area (Å²) in [5.74, 6) is 1.65. The monoisotopic (exact) mass is 303 g/mol. The van der Waals surface area contributed by atoms with Crippen molar-refractivity contribution < 1.29 is 9.84 Å². The smallest absolute Gasteiger partial charge is 0.131 e. The Hall–Kier alpha value is -1.49. The van der Waals surface area contributed by atoms with Crippen molar-refractivity contribution in [3.05, 3.63) is 53.6 Å². The predicted molar refractivity (Wildman–Crippen MR) is 88.1 cm³/mol. The van der Waals surface area contributed by atoms with Gasteiger partial charge in [-0.25, -0.2) is 0 Å². The first-order chi connectivity index (χ1) is 10.1. The molecule has 0 fully saturated rings. The molecule has 0 radical (unpaired) electrons. The lowest BCUT2D eigenvalue weighted by atomic mass is 10.1. The molecule has 0 saturated carbocycles. The summed E-state index contributed by atoms with van der Waals surface area (Å²) in [6.07, 6.45) is 2.05. The average Bonchev–Trinajstić information content (AvgIpc) is 2.49. The van der Waals surface area contributed by atoms with E-state index in [1.165, 1.54) is 4.90 Å². The molecule has 0 atom stereocenters. The maximum Gasteiger partial charge on any atom is 0.131 e. The van der Waals surface area contributed by atoms with Crippen LogP contribution in [-0.4, -0.2) is 30.4 Å². The van der Waals surface area contributed by atoms with E-state index in [0.717, 1.165) is 29.2 Å². The molecule has 1 N–H and O–H groups in total. The van der Waals surface area contributed by atoms with E-state index in [4.69, 9.17) is 4.74 Å². The van der Waals surface area contributed by atoms with Gasteiger partial charge in [-0.3, -0.25) is 0 Å². The quantitative estimate of drug-likeness (QED) is 0.824. The summed E-state index contributed by atoms with van der Waals surface area (Å²) in [4.78, 5) is 3.30. The molecule has 21 heavy (non-hydrogen) atoms. The van der Waals surface area contributed by atoms with E-state index in [9.17, 15) is 5.11 Å². The Kier molecular flexibility index (Phi) is 5.67. The molecule has 2 aromatic carbocycles. The first-order valence-electron chi connectivity index (χ1n) is 6.81. The van der Waals surface area contributed by atoms with Crippen LogP contribution in [0.15, 0.2) is 47.4 Å². The molecule has 0 aromatic heterocycles. The van der Waals surface area contributed by atoms with Gasteiger partial charge in [0.05, 0.1) is 6.61 Å². The first-order valence-corrected chi connectivity index (χ1v) is 8.04. The lowest BCUT2D eigenvalue weighted by Crippen LogP contribution is -2.11. The number of rotatable bonds is 6. The molecule has 0 bridgehead atoms. The number of hydrogen-bond acceptors (Lipinski definition) is 4. The number of aliphatic hydroxyl groups is 1. The van der Waals surface area contributed by atoms with Crippen LogP contribution < -0.4 is 4.74 Å². The summed E-state index contributed by atoms with van der Waals surface area (Å²) < 4.78 is 5.99. The zero-order valence-corrected chi connectivity index (χ0v) is 13.5. The van der Waals surface area contributed by atoms with Crippen LogP contribution in [0.25, 0.3) is 0 Å². The van der Waals surface area contributed by atoms with Crippen LogP contribution in [0.3, 0.4) is 0 Å². The van der Waals surface area contributed by atoms with Crippen molar-refractivity contribution >= 4 is 11.8 Å². The molecule has 0 spiro atoms. The van der Waals surface area contributed by atoms with Crippen molar-refractivity contribution in [1.82, 2.24) is 4.90 Å². The number of aliphatic hydroxyl groups excluding tert-OH is 1. The van der Waals surface area contributed by atoms with Crippen molar-refractivity contribution in [3.8, 4) is 11.5 Å². The fourth-order valence-electron chi connectivity index (χ4n) is 2.07. The largest absolute Gasteiger partial charge is 0.457 e. The minimum absolute atomic E-state index is 0.0448. The predicted octanol–water partition coefficient (Wildman–Crippen LogP) is 3.75. The van der Waals surface area contributed by atoms with Crippen molar-refractivity contribution in [2.45, 2.75) is 18.0 Å². The number of benzene rings is 2. The fourth-order valence-corrected chi connectivity index (χ4v) is 2.47. The Labute approximate surface area is 130 Å². The summed E-state index contributed by atoms with van der Waals surface area (Å²) >= 11 is 1.71. The summed E-state index contributed by atoms with van der Waals surface area (Å²) in [7, 11) is 4.03. The second-order valence-corrected chi connectivity index (χ2v) is 6.00. The first kappa shape index (κ1) is 15.9. The van der Waals surface area contributed by atoms with Gasteiger partial charge in [-0.1, -0.05) is 6.07 Å². The van der Waals surface area contributed by atoms with Crippen LogP contribution in [0.1, 0.15) is 11.1 Å². The van der Waals surface area contributed by atoms with Gasteiger partial charge in [-0.05, 0) is 62.3 Å². The van der Waals surface area contributed by atoms with E-state index < -0.39 is 0 Å². The summed E-state index contributed by atoms with van der Waals surface area (Å²) in [5, 5.41) is 9.28. The molecule has 2 rings (SSSR count). The normalized spacial score (nSPS) is 10.9. The summed E-state index contributed by atoms with van der Waals surface area (Å²) in [6, 6.07) is 13.9. The van der Waals surface area contributed by atoms with Gasteiger partial charge in [-0.15, -0.1) is 11.8 Å². The van der Waals surface area contributed by atoms with Gasteiger partial charge in [0.2, 0.25) is 0 Å². The molecule has 0 heterocycles. The average molecular weight is 303 g/mol. The molecule has 3 nitrogen and oxygen atoms in total. The Morgan fingerprint density at radius 2 is 1.81 bits per heavy atom. The van der Waals surface area contributed by atoms with Gasteiger partial charge < -0.3 is 14.7 Å². The Balaban J connectivity index is 2.24. The van der Waals surface area contributed by atoms with Crippen molar-refractivity contribution in [2.24, 2.45) is 0 Å². The molecule has 0 aliphatic rings. The van der Waals surface area contributed by atoms with Crippen molar-refractivity contribution in [1.29, 1.82) is 0 Å². The van der Waals surface area contributed by atoms with E-state index in [0.29, 0.717) is 0 Å². The van der Waals surface area contributed by atoms with Gasteiger partial charge in [0.15, 0.2) is 0 Å². The second kappa shape index (κ2) is 7.50. The highest BCUT2D eigenvalue weighted by molar-refractivity contribution is 7.98. The molecule has 4 heteroatoms. The van der Waals surface area contributed by atoms with Crippen molar-refractivity contribution in [3.63, 3.8) is 0 Å². The fraction of sp³-hybridized carbons (Fsp3) is 0.294. The Bertz CT molecular complexity index is 582. The van der Waals surface area contributed by atoms with E-state index in [2.05, 4.69) is 11.2 Å². The van der Waals surface area contributed by atoms with E-state index in [1.54, 1.807) is 11.8 Å². The van der Waals surface area contributed by atoms with Gasteiger partial charge in [0.25, 0.3) is 0 Å². The number of hydrogen-bond donors (Lipinski definition) is 1. The van der Waals surface area contributed by atoms with E-state index >= 15 is 0 Å². The van der Waals surface area contributed by atoms with E-state index in [-0.39, 0.29) is 6.61 Å². The maximum atomic E-state index is 9.28. The SMILES string of the molecule is CSc1ccc(Oc2ccc(CO)cc2CN(C)C)cc1. The third-order valence-electron chi connectivity index (χ3n) is 3.08. The van der Waals surface area contributed by atoms with Crippen molar-refractivity contribution in [2.75, 3.05) is 20.4 Å². The Morgan fingerprint density at radius 3 is 2.38 bits per heavy atom. The van der Waals surface area contributed by atoms with Gasteiger partial charge in [0, 0.05) is 17.0 Å². The number of ether oxygens (including phenoxy) is 1. The maximum absolute atomic E-state index is 9.28. The van der Waals surface area contributed by atoms with Crippen LogP contribution in [0.2, 0.25) is 0 Å². The number of nitrogens with zero attached hydrogens (tertiary/aromatic N) is 1. The molecule has 0 saturated heterocycles. The van der Waals surface area contributed by atoms with Crippen LogP contribution >= 0.6 is 11.8 Å². The van der Waals surface area contributed by atoms with Gasteiger partial charge >= 0.3 is 0 Å². The second-order valence-electron chi connectivity index (χ2n) is 5.12. The lowest BCUT2D eigenvalue weighted by molar-refractivity contribution is 0.281. The van der Waals surface area contributed by atoms with Gasteiger partial charge in [-0.2, -0.15) is 0 Å². The lowest BCUT2D eigenvalue weighted by Gasteiger charge is -2.16. The molecule has 0 unspecified atom stereocenters. The third kappa shape index (κ3) is 4.49. The van der Waals surface area contributed by atoms with Crippen LogP contribution in [0.5, 0.6) is 11.5 Å². The molecule has 0 amide bonds. The molecule has 112 valence electrons. The zero-order valence-electron chi connectivity index (χ0n) is 12.7. The molecular weight excluding hydrogens is 282 g/mol. The van der Waals surface area contributed by atoms with Crippen LogP contribution in [-0.2, 0) is 13.2 Å². The number of thioether (sulfide) groups is 1. The highest BCUT2D eigenvalue weighted by atomic mass is 32.2. The molecule has 0 aliphatic carbocycles. The highest BCUT2D eigenvalue weighted by Crippen LogP contribution is 2.28. The minimum Gasteiger partial charge on any atom is -0.457 e. The zero-order chi connectivity index (χ0) is 15.2. The summed E-state index contributed by atoms with van der Waals surface area (Å²) in [5.41, 5.74) is 1.97. The topological polar surface area (TPSA) is 32.7 Å². The van der Waals surface area contributed by atoms with Crippen LogP contribution in [0, 0.1) is 0 Å². The molecule has 0 aliphatic heterocycles. The van der Waals surface area contributed by atoms with Gasteiger partial charge in [0.1, 0.15) is 11.5 Å². The standard InChI is InChI=1S/C17H21NO2S/c1-18(2)11-14-10-13(12-19)4-9-17(14)20-15-5-7-16(21-3)8-6-15/h4-10,19H,11-12H2,1-3H3. The van der Waals surface area contributed by atoms with E-state index in [1.807, 2.05) is 56.6 Å². The molecular formula is C17H21NO2S. The summed E-state index contributed by atoms with van der Waals surface area (Å²) in [6.45, 7) is 0.815. The Morgan fingerprint density at radius 1 is 1.10 bits per heavy atom. The van der Waals surface area contributed by atoms with Crippen LogP contribution in [0.4, 0.5) is 0 Å².